The molecule has 166 valence electrons. The van der Waals surface area contributed by atoms with Gasteiger partial charge in [-0.2, -0.15) is 0 Å². The lowest BCUT2D eigenvalue weighted by atomic mass is 9.62. The number of rotatable bonds is 6. The monoisotopic (exact) mass is 424 g/mol. The van der Waals surface area contributed by atoms with E-state index in [9.17, 15) is 4.79 Å². The fourth-order valence-corrected chi connectivity index (χ4v) is 3.94. The minimum Gasteiger partial charge on any atom is -0.497 e. The van der Waals surface area contributed by atoms with Crippen LogP contribution in [0.1, 0.15) is 74.5 Å². The van der Waals surface area contributed by atoms with Crippen LogP contribution in [0.25, 0.3) is 0 Å². The maximum Gasteiger partial charge on any atom is 0.196 e. The maximum absolute atomic E-state index is 13.3. The van der Waals surface area contributed by atoms with Crippen LogP contribution in [0.4, 0.5) is 0 Å². The number of methoxy groups -OCH3 is 1. The second kappa shape index (κ2) is 9.90. The summed E-state index contributed by atoms with van der Waals surface area (Å²) in [7, 11) is 1.62. The Morgan fingerprint density at radius 3 is 1.90 bits per heavy atom. The Morgan fingerprint density at radius 2 is 1.45 bits per heavy atom. The summed E-state index contributed by atoms with van der Waals surface area (Å²) in [5.41, 5.74) is 3.98. The van der Waals surface area contributed by atoms with Gasteiger partial charge in [0.25, 0.3) is 0 Å². The number of ketones is 1. The zero-order chi connectivity index (χ0) is 23.2. The molecule has 0 heterocycles. The van der Waals surface area contributed by atoms with Gasteiger partial charge >= 0.3 is 0 Å². The van der Waals surface area contributed by atoms with Crippen LogP contribution in [-0.2, 0) is 20.4 Å². The molecule has 0 atom stereocenters. The molecule has 0 N–H and O–H groups in total. The van der Waals surface area contributed by atoms with E-state index in [0.29, 0.717) is 23.5 Å². The van der Waals surface area contributed by atoms with Crippen molar-refractivity contribution in [2.24, 2.45) is 0 Å². The minimum absolute atomic E-state index is 0.0110. The molecule has 1 aliphatic carbocycles. The van der Waals surface area contributed by atoms with Crippen LogP contribution in [0.3, 0.4) is 0 Å². The molecule has 0 aromatic heterocycles. The van der Waals surface area contributed by atoms with Crippen LogP contribution in [0.15, 0.2) is 36.4 Å². The molecule has 0 unspecified atom stereocenters. The third-order valence-corrected chi connectivity index (χ3v) is 5.91. The van der Waals surface area contributed by atoms with Gasteiger partial charge in [0.15, 0.2) is 18.4 Å². The van der Waals surface area contributed by atoms with E-state index in [1.807, 2.05) is 31.2 Å². The highest BCUT2D eigenvalue weighted by atomic mass is 16.5. The van der Waals surface area contributed by atoms with Gasteiger partial charge in [-0.05, 0) is 78.1 Å². The standard InChI is InChI=1S/C24H30O3.C2H2O2/c1-7-27-21-15-20-19(23(2,3)12-13-24(20,4)5)14-18(21)22(25)16-8-10-17(26-6)11-9-16;3-1-2-4/h8-11,14-15H,7,12-13H2,1-6H3;1-2H. The number of ether oxygens (including phenoxy) is 2. The number of hydrogen-bond acceptors (Lipinski definition) is 5. The molecule has 2 aromatic rings. The van der Waals surface area contributed by atoms with Gasteiger partial charge in [-0.1, -0.05) is 27.7 Å². The summed E-state index contributed by atoms with van der Waals surface area (Å²) in [5, 5.41) is 0. The molecule has 0 spiro atoms. The summed E-state index contributed by atoms with van der Waals surface area (Å²) in [6.45, 7) is 11.6. The van der Waals surface area contributed by atoms with E-state index in [0.717, 1.165) is 18.6 Å². The van der Waals surface area contributed by atoms with Crippen LogP contribution in [0.2, 0.25) is 0 Å². The summed E-state index contributed by atoms with van der Waals surface area (Å²) < 4.78 is 11.1. The predicted octanol–water partition coefficient (Wildman–Crippen LogP) is 5.06. The number of carbonyl (C=O) groups excluding carboxylic acids is 3. The van der Waals surface area contributed by atoms with Crippen LogP contribution in [0.5, 0.6) is 11.5 Å². The van der Waals surface area contributed by atoms with Gasteiger partial charge in [-0.25, -0.2) is 0 Å². The van der Waals surface area contributed by atoms with Gasteiger partial charge in [-0.3, -0.25) is 14.4 Å². The third-order valence-electron chi connectivity index (χ3n) is 5.91. The average Bonchev–Trinajstić information content (AvgIpc) is 2.76. The predicted molar refractivity (Wildman–Crippen MR) is 121 cm³/mol. The van der Waals surface area contributed by atoms with Crippen molar-refractivity contribution in [3.63, 3.8) is 0 Å². The highest BCUT2D eigenvalue weighted by molar-refractivity contribution is 6.11. The molecule has 2 aromatic carbocycles. The van der Waals surface area contributed by atoms with Crippen molar-refractivity contribution in [1.82, 2.24) is 0 Å². The Hall–Kier alpha value is -2.95. The summed E-state index contributed by atoms with van der Waals surface area (Å²) >= 11 is 0. The molecule has 0 fully saturated rings. The Bertz CT molecular complexity index is 933. The first-order valence-electron chi connectivity index (χ1n) is 10.5. The van der Waals surface area contributed by atoms with E-state index >= 15 is 0 Å². The summed E-state index contributed by atoms with van der Waals surface area (Å²) in [6, 6.07) is 11.4. The van der Waals surface area contributed by atoms with Gasteiger partial charge in [-0.15, -0.1) is 0 Å². The summed E-state index contributed by atoms with van der Waals surface area (Å²) in [5.74, 6) is 1.41. The number of hydrogen-bond donors (Lipinski definition) is 0. The van der Waals surface area contributed by atoms with Crippen molar-refractivity contribution in [3.8, 4) is 11.5 Å². The molecular weight excluding hydrogens is 392 g/mol. The Labute approximate surface area is 184 Å². The largest absolute Gasteiger partial charge is 0.497 e. The van der Waals surface area contributed by atoms with Gasteiger partial charge in [0.1, 0.15) is 11.5 Å². The summed E-state index contributed by atoms with van der Waals surface area (Å²) in [6.07, 6.45) is 2.63. The lowest BCUT2D eigenvalue weighted by molar-refractivity contribution is -0.122. The van der Waals surface area contributed by atoms with Crippen molar-refractivity contribution >= 4 is 18.4 Å². The first-order chi connectivity index (χ1) is 14.6. The molecule has 5 heteroatoms. The second-order valence-corrected chi connectivity index (χ2v) is 8.92. The first kappa shape index (κ1) is 24.3. The normalized spacial score (nSPS) is 15.5. The SMILES string of the molecule is CCOc1cc2c(cc1C(=O)c1ccc(OC)cc1)C(C)(C)CCC2(C)C.O=CC=O. The lowest BCUT2D eigenvalue weighted by Crippen LogP contribution is -2.34. The lowest BCUT2D eigenvalue weighted by Gasteiger charge is -2.42. The van der Waals surface area contributed by atoms with Crippen molar-refractivity contribution < 1.29 is 23.9 Å². The molecule has 5 nitrogen and oxygen atoms in total. The zero-order valence-corrected chi connectivity index (χ0v) is 19.3. The van der Waals surface area contributed by atoms with E-state index in [1.54, 1.807) is 7.11 Å². The smallest absolute Gasteiger partial charge is 0.196 e. The van der Waals surface area contributed by atoms with Crippen molar-refractivity contribution in [1.29, 1.82) is 0 Å². The molecule has 1 aliphatic rings. The molecule has 0 aliphatic heterocycles. The van der Waals surface area contributed by atoms with Crippen LogP contribution in [0, 0.1) is 0 Å². The second-order valence-electron chi connectivity index (χ2n) is 8.92. The average molecular weight is 425 g/mol. The fourth-order valence-electron chi connectivity index (χ4n) is 3.94. The Morgan fingerprint density at radius 1 is 0.935 bits per heavy atom. The van der Waals surface area contributed by atoms with Gasteiger partial charge in [0.05, 0.1) is 19.3 Å². The molecule has 0 radical (unpaired) electrons. The highest BCUT2D eigenvalue weighted by Gasteiger charge is 2.38. The number of carbonyl (C=O) groups is 3. The third kappa shape index (κ3) is 5.40. The number of fused-ring (bicyclic) bond motifs is 1. The first-order valence-corrected chi connectivity index (χ1v) is 10.5. The molecule has 0 saturated carbocycles. The van der Waals surface area contributed by atoms with Crippen molar-refractivity contribution in [2.45, 2.75) is 58.3 Å². The quantitative estimate of drug-likeness (QED) is 0.368. The van der Waals surface area contributed by atoms with E-state index in [4.69, 9.17) is 19.1 Å². The molecular formula is C26H32O5. The molecule has 31 heavy (non-hydrogen) atoms. The highest BCUT2D eigenvalue weighted by Crippen LogP contribution is 2.47. The topological polar surface area (TPSA) is 69.7 Å². The maximum atomic E-state index is 13.3. The molecule has 0 amide bonds. The zero-order valence-electron chi connectivity index (χ0n) is 19.3. The van der Waals surface area contributed by atoms with Crippen molar-refractivity contribution in [2.75, 3.05) is 13.7 Å². The van der Waals surface area contributed by atoms with Crippen molar-refractivity contribution in [3.05, 3.63) is 58.7 Å². The summed E-state index contributed by atoms with van der Waals surface area (Å²) in [4.78, 5) is 30.9. The number of benzene rings is 2. The Kier molecular flexibility index (Phi) is 7.77. The fraction of sp³-hybridized carbons (Fsp3) is 0.423. The van der Waals surface area contributed by atoms with Gasteiger partial charge in [0.2, 0.25) is 0 Å². The van der Waals surface area contributed by atoms with E-state index < -0.39 is 0 Å². The van der Waals surface area contributed by atoms with E-state index in [2.05, 4.69) is 39.8 Å². The minimum atomic E-state index is -0.0110. The van der Waals surface area contributed by atoms with Gasteiger partial charge < -0.3 is 9.47 Å². The number of aldehydes is 2. The van der Waals surface area contributed by atoms with Gasteiger partial charge in [0, 0.05) is 5.56 Å². The van der Waals surface area contributed by atoms with E-state index in [1.165, 1.54) is 11.1 Å². The molecule has 0 saturated heterocycles. The van der Waals surface area contributed by atoms with E-state index in [-0.39, 0.29) is 29.2 Å². The van der Waals surface area contributed by atoms with Crippen LogP contribution in [-0.4, -0.2) is 32.1 Å². The van der Waals surface area contributed by atoms with Crippen LogP contribution >= 0.6 is 0 Å². The Balaban J connectivity index is 0.000000785. The molecule has 0 bridgehead atoms. The van der Waals surface area contributed by atoms with Crippen LogP contribution < -0.4 is 9.47 Å². The molecule has 3 rings (SSSR count).